The van der Waals surface area contributed by atoms with E-state index in [0.29, 0.717) is 6.04 Å². The van der Waals surface area contributed by atoms with Crippen LogP contribution in [0.4, 0.5) is 5.69 Å². The molecule has 2 N–H and O–H groups in total. The van der Waals surface area contributed by atoms with E-state index in [1.165, 1.54) is 18.6 Å². The van der Waals surface area contributed by atoms with Gasteiger partial charge in [0.15, 0.2) is 5.96 Å². The summed E-state index contributed by atoms with van der Waals surface area (Å²) in [5.41, 5.74) is 1.15. The lowest BCUT2D eigenvalue weighted by Gasteiger charge is -2.34. The number of rotatable bonds is 9. The van der Waals surface area contributed by atoms with E-state index in [0.717, 1.165) is 55.6 Å². The minimum Gasteiger partial charge on any atom is -0.497 e. The van der Waals surface area contributed by atoms with Crippen molar-refractivity contribution in [1.29, 1.82) is 0 Å². The molecule has 7 heteroatoms. The minimum atomic E-state index is 0.450. The van der Waals surface area contributed by atoms with Crippen molar-refractivity contribution >= 4 is 23.4 Å². The third-order valence-corrected chi connectivity index (χ3v) is 5.53. The highest BCUT2D eigenvalue weighted by molar-refractivity contribution is 7.98. The summed E-state index contributed by atoms with van der Waals surface area (Å²) in [5.74, 6) is 3.80. The van der Waals surface area contributed by atoms with Gasteiger partial charge in [-0.1, -0.05) is 0 Å². The normalized spacial score (nSPS) is 15.6. The molecule has 0 amide bonds. The standard InChI is InChI=1S/C20H34N4O2S/c1-21-20(22-9-5-6-12-27-4)23-16-7-10-24(11-8-16)17-13-18(25-2)15-19(14-17)26-3/h13-16H,5-12H2,1-4H3,(H2,21,22,23). The summed E-state index contributed by atoms with van der Waals surface area (Å²) in [6, 6.07) is 6.51. The molecule has 1 saturated heterocycles. The van der Waals surface area contributed by atoms with Crippen LogP contribution in [0.15, 0.2) is 23.2 Å². The molecule has 0 spiro atoms. The van der Waals surface area contributed by atoms with Gasteiger partial charge in [-0.25, -0.2) is 0 Å². The Labute approximate surface area is 168 Å². The SMILES string of the molecule is CN=C(NCCCCSC)NC1CCN(c2cc(OC)cc(OC)c2)CC1. The van der Waals surface area contributed by atoms with Crippen LogP contribution in [0.5, 0.6) is 11.5 Å². The predicted molar refractivity (Wildman–Crippen MR) is 117 cm³/mol. The molecule has 1 aliphatic heterocycles. The number of nitrogens with one attached hydrogen (secondary N) is 2. The molecule has 27 heavy (non-hydrogen) atoms. The fourth-order valence-electron chi connectivity index (χ4n) is 3.22. The van der Waals surface area contributed by atoms with Crippen LogP contribution in [0, 0.1) is 0 Å². The van der Waals surface area contributed by atoms with Gasteiger partial charge in [-0.05, 0) is 37.7 Å². The van der Waals surface area contributed by atoms with E-state index >= 15 is 0 Å². The first-order valence-corrected chi connectivity index (χ1v) is 11.0. The highest BCUT2D eigenvalue weighted by Gasteiger charge is 2.21. The van der Waals surface area contributed by atoms with Gasteiger partial charge in [0.2, 0.25) is 0 Å². The van der Waals surface area contributed by atoms with Crippen molar-refractivity contribution < 1.29 is 9.47 Å². The molecule has 0 atom stereocenters. The molecule has 0 aliphatic carbocycles. The zero-order valence-corrected chi connectivity index (χ0v) is 17.9. The Balaban J connectivity index is 1.81. The van der Waals surface area contributed by atoms with Gasteiger partial charge in [0, 0.05) is 56.6 Å². The molecule has 6 nitrogen and oxygen atoms in total. The van der Waals surface area contributed by atoms with Crippen molar-refractivity contribution in [3.63, 3.8) is 0 Å². The van der Waals surface area contributed by atoms with Crippen molar-refractivity contribution in [2.45, 2.75) is 31.7 Å². The molecule has 1 aliphatic rings. The first-order chi connectivity index (χ1) is 13.2. The molecular weight excluding hydrogens is 360 g/mol. The summed E-state index contributed by atoms with van der Waals surface area (Å²) in [6.07, 6.45) is 6.73. The van der Waals surface area contributed by atoms with E-state index in [-0.39, 0.29) is 0 Å². The maximum Gasteiger partial charge on any atom is 0.191 e. The molecule has 152 valence electrons. The van der Waals surface area contributed by atoms with Crippen LogP contribution in [0.25, 0.3) is 0 Å². The fraction of sp³-hybridized carbons (Fsp3) is 0.650. The van der Waals surface area contributed by atoms with Crippen molar-refractivity contribution in [2.24, 2.45) is 4.99 Å². The van der Waals surface area contributed by atoms with Crippen molar-refractivity contribution in [3.8, 4) is 11.5 Å². The van der Waals surface area contributed by atoms with Gasteiger partial charge >= 0.3 is 0 Å². The second-order valence-electron chi connectivity index (χ2n) is 6.68. The third kappa shape index (κ3) is 7.05. The molecule has 0 saturated carbocycles. The van der Waals surface area contributed by atoms with Gasteiger partial charge in [-0.2, -0.15) is 11.8 Å². The second kappa shape index (κ2) is 11.8. The van der Waals surface area contributed by atoms with E-state index in [1.807, 2.05) is 24.9 Å². The van der Waals surface area contributed by atoms with Crippen LogP contribution in [0.1, 0.15) is 25.7 Å². The van der Waals surface area contributed by atoms with Crippen LogP contribution >= 0.6 is 11.8 Å². The molecule has 2 rings (SSSR count). The van der Waals surface area contributed by atoms with Gasteiger partial charge in [-0.15, -0.1) is 0 Å². The number of ether oxygens (including phenoxy) is 2. The minimum absolute atomic E-state index is 0.450. The Bertz CT molecular complexity index is 567. The Morgan fingerprint density at radius 3 is 2.37 bits per heavy atom. The highest BCUT2D eigenvalue weighted by atomic mass is 32.2. The van der Waals surface area contributed by atoms with E-state index in [4.69, 9.17) is 9.47 Å². The molecule has 1 heterocycles. The summed E-state index contributed by atoms with van der Waals surface area (Å²) in [4.78, 5) is 6.76. The number of methoxy groups -OCH3 is 2. The van der Waals surface area contributed by atoms with E-state index < -0.39 is 0 Å². The molecule has 1 aromatic carbocycles. The number of aliphatic imine (C=N–C) groups is 1. The van der Waals surface area contributed by atoms with Crippen molar-refractivity contribution in [1.82, 2.24) is 10.6 Å². The lowest BCUT2D eigenvalue weighted by Crippen LogP contribution is -2.48. The molecule has 0 unspecified atom stereocenters. The Morgan fingerprint density at radius 1 is 1.15 bits per heavy atom. The maximum atomic E-state index is 5.39. The fourth-order valence-corrected chi connectivity index (χ4v) is 3.72. The number of hydrogen-bond donors (Lipinski definition) is 2. The summed E-state index contributed by atoms with van der Waals surface area (Å²) in [5, 5.41) is 7.00. The largest absolute Gasteiger partial charge is 0.497 e. The number of hydrogen-bond acceptors (Lipinski definition) is 5. The lowest BCUT2D eigenvalue weighted by atomic mass is 10.0. The van der Waals surface area contributed by atoms with Gasteiger partial charge in [-0.3, -0.25) is 4.99 Å². The van der Waals surface area contributed by atoms with Gasteiger partial charge < -0.3 is 25.0 Å². The van der Waals surface area contributed by atoms with Gasteiger partial charge in [0.05, 0.1) is 14.2 Å². The zero-order chi connectivity index (χ0) is 19.5. The molecule has 0 radical (unpaired) electrons. The third-order valence-electron chi connectivity index (χ3n) is 4.83. The highest BCUT2D eigenvalue weighted by Crippen LogP contribution is 2.30. The summed E-state index contributed by atoms with van der Waals surface area (Å²) in [7, 11) is 5.22. The van der Waals surface area contributed by atoms with Gasteiger partial charge in [0.1, 0.15) is 11.5 Å². The predicted octanol–water partition coefficient (Wildman–Crippen LogP) is 2.98. The van der Waals surface area contributed by atoms with Crippen molar-refractivity contribution in [3.05, 3.63) is 18.2 Å². The average molecular weight is 395 g/mol. The monoisotopic (exact) mass is 394 g/mol. The maximum absolute atomic E-state index is 5.39. The van der Waals surface area contributed by atoms with Crippen molar-refractivity contribution in [2.75, 3.05) is 57.8 Å². The van der Waals surface area contributed by atoms with E-state index in [2.05, 4.69) is 38.9 Å². The van der Waals surface area contributed by atoms with Crippen LogP contribution in [-0.4, -0.2) is 64.9 Å². The number of unbranched alkanes of at least 4 members (excludes halogenated alkanes) is 1. The number of nitrogens with zero attached hydrogens (tertiary/aromatic N) is 2. The first-order valence-electron chi connectivity index (χ1n) is 9.64. The molecule has 1 aromatic rings. The number of piperidine rings is 1. The summed E-state index contributed by atoms with van der Waals surface area (Å²) >= 11 is 1.90. The molecule has 0 bridgehead atoms. The van der Waals surface area contributed by atoms with Crippen LogP contribution in [0.3, 0.4) is 0 Å². The number of benzene rings is 1. The topological polar surface area (TPSA) is 58.1 Å². The Hall–Kier alpha value is -1.76. The molecule has 0 aromatic heterocycles. The Kier molecular flexibility index (Phi) is 9.45. The quantitative estimate of drug-likeness (QED) is 0.381. The average Bonchev–Trinajstić information content (AvgIpc) is 2.72. The summed E-state index contributed by atoms with van der Waals surface area (Å²) < 4.78 is 10.8. The van der Waals surface area contributed by atoms with E-state index in [1.54, 1.807) is 14.2 Å². The Morgan fingerprint density at radius 2 is 1.81 bits per heavy atom. The smallest absolute Gasteiger partial charge is 0.191 e. The second-order valence-corrected chi connectivity index (χ2v) is 7.66. The van der Waals surface area contributed by atoms with Crippen LogP contribution in [-0.2, 0) is 0 Å². The lowest BCUT2D eigenvalue weighted by molar-refractivity contribution is 0.393. The van der Waals surface area contributed by atoms with Gasteiger partial charge in [0.25, 0.3) is 0 Å². The molecular formula is C20H34N4O2S. The number of thioether (sulfide) groups is 1. The first kappa shape index (κ1) is 21.5. The number of anilines is 1. The summed E-state index contributed by atoms with van der Waals surface area (Å²) in [6.45, 7) is 2.97. The van der Waals surface area contributed by atoms with Crippen LogP contribution < -0.4 is 25.0 Å². The van der Waals surface area contributed by atoms with Crippen LogP contribution in [0.2, 0.25) is 0 Å². The van der Waals surface area contributed by atoms with E-state index in [9.17, 15) is 0 Å². The molecule has 1 fully saturated rings. The number of guanidine groups is 1. The zero-order valence-electron chi connectivity index (χ0n) is 17.1.